The summed E-state index contributed by atoms with van der Waals surface area (Å²) in [5.41, 5.74) is 5.71. The fourth-order valence-corrected chi connectivity index (χ4v) is 2.21. The molecule has 82 valence electrons. The van der Waals surface area contributed by atoms with Crippen molar-refractivity contribution in [1.29, 1.82) is 0 Å². The van der Waals surface area contributed by atoms with Crippen LogP contribution in [0.2, 0.25) is 0 Å². The number of allylic oxidation sites excluding steroid dienone is 1. The van der Waals surface area contributed by atoms with Gasteiger partial charge >= 0.3 is 0 Å². The van der Waals surface area contributed by atoms with Gasteiger partial charge in [-0.3, -0.25) is 0 Å². The minimum absolute atomic E-state index is 0.717. The number of rotatable bonds is 7. The minimum atomic E-state index is 0.717. The quantitative estimate of drug-likeness (QED) is 0.502. The third kappa shape index (κ3) is 3.81. The third-order valence-electron chi connectivity index (χ3n) is 3.15. The number of ether oxygens (including phenoxy) is 1. The van der Waals surface area contributed by atoms with E-state index in [1.807, 2.05) is 6.08 Å². The van der Waals surface area contributed by atoms with E-state index in [2.05, 4.69) is 6.58 Å². The van der Waals surface area contributed by atoms with Gasteiger partial charge in [-0.15, -0.1) is 6.58 Å². The second-order valence-corrected chi connectivity index (χ2v) is 4.19. The molecule has 0 aromatic carbocycles. The topological polar surface area (TPSA) is 35.2 Å². The second kappa shape index (κ2) is 7.02. The van der Waals surface area contributed by atoms with Crippen molar-refractivity contribution in [2.75, 3.05) is 19.8 Å². The van der Waals surface area contributed by atoms with E-state index in [0.29, 0.717) is 0 Å². The average Bonchev–Trinajstić information content (AvgIpc) is 2.65. The highest BCUT2D eigenvalue weighted by Crippen LogP contribution is 2.30. The predicted octanol–water partition coefficient (Wildman–Crippen LogP) is 2.34. The molecule has 2 atom stereocenters. The Morgan fingerprint density at radius 3 is 2.86 bits per heavy atom. The van der Waals surface area contributed by atoms with Crippen molar-refractivity contribution in [2.24, 2.45) is 17.6 Å². The predicted molar refractivity (Wildman–Crippen MR) is 60.1 cm³/mol. The Hall–Kier alpha value is -0.340. The molecule has 1 aliphatic rings. The largest absolute Gasteiger partial charge is 0.381 e. The van der Waals surface area contributed by atoms with Crippen LogP contribution in [0, 0.1) is 11.8 Å². The Morgan fingerprint density at radius 1 is 1.36 bits per heavy atom. The Kier molecular flexibility index (Phi) is 5.88. The smallest absolute Gasteiger partial charge is 0.0497 e. The van der Waals surface area contributed by atoms with E-state index in [-0.39, 0.29) is 0 Å². The molecule has 1 saturated carbocycles. The van der Waals surface area contributed by atoms with Gasteiger partial charge in [0.1, 0.15) is 0 Å². The Bertz CT molecular complexity index is 158. The molecule has 2 nitrogen and oxygen atoms in total. The van der Waals surface area contributed by atoms with Crippen molar-refractivity contribution < 1.29 is 4.74 Å². The van der Waals surface area contributed by atoms with Crippen molar-refractivity contribution in [3.8, 4) is 0 Å². The van der Waals surface area contributed by atoms with Crippen molar-refractivity contribution in [3.05, 3.63) is 12.7 Å². The monoisotopic (exact) mass is 197 g/mol. The Balaban J connectivity index is 2.02. The number of unbranched alkanes of at least 4 members (excludes halogenated alkanes) is 1. The second-order valence-electron chi connectivity index (χ2n) is 4.19. The number of nitrogens with two attached hydrogens (primary N) is 1. The van der Waals surface area contributed by atoms with Gasteiger partial charge in [-0.2, -0.15) is 0 Å². The van der Waals surface area contributed by atoms with Crippen LogP contribution in [0.15, 0.2) is 12.7 Å². The van der Waals surface area contributed by atoms with E-state index in [1.165, 1.54) is 19.3 Å². The maximum Gasteiger partial charge on any atom is 0.0497 e. The maximum absolute atomic E-state index is 5.71. The highest BCUT2D eigenvalue weighted by Gasteiger charge is 2.25. The molecule has 0 aromatic rings. The van der Waals surface area contributed by atoms with Gasteiger partial charge in [-0.25, -0.2) is 0 Å². The van der Waals surface area contributed by atoms with Crippen LogP contribution in [0.25, 0.3) is 0 Å². The fraction of sp³-hybridized carbons (Fsp3) is 0.833. The van der Waals surface area contributed by atoms with Crippen molar-refractivity contribution in [1.82, 2.24) is 0 Å². The van der Waals surface area contributed by atoms with E-state index in [9.17, 15) is 0 Å². The average molecular weight is 197 g/mol. The van der Waals surface area contributed by atoms with Gasteiger partial charge in [0.15, 0.2) is 0 Å². The fourth-order valence-electron chi connectivity index (χ4n) is 2.21. The molecule has 14 heavy (non-hydrogen) atoms. The molecule has 0 aromatic heterocycles. The van der Waals surface area contributed by atoms with Crippen molar-refractivity contribution >= 4 is 0 Å². The van der Waals surface area contributed by atoms with Gasteiger partial charge < -0.3 is 10.5 Å². The van der Waals surface area contributed by atoms with E-state index in [4.69, 9.17) is 10.5 Å². The van der Waals surface area contributed by atoms with Gasteiger partial charge in [0, 0.05) is 13.2 Å². The molecule has 0 radical (unpaired) electrons. The van der Waals surface area contributed by atoms with Crippen LogP contribution >= 0.6 is 0 Å². The summed E-state index contributed by atoms with van der Waals surface area (Å²) in [6, 6.07) is 0. The van der Waals surface area contributed by atoms with Crippen molar-refractivity contribution in [3.63, 3.8) is 0 Å². The summed E-state index contributed by atoms with van der Waals surface area (Å²) in [5.74, 6) is 1.44. The van der Waals surface area contributed by atoms with E-state index in [0.717, 1.165) is 44.4 Å². The molecule has 0 spiro atoms. The first-order chi connectivity index (χ1) is 6.88. The van der Waals surface area contributed by atoms with Gasteiger partial charge in [0.2, 0.25) is 0 Å². The highest BCUT2D eigenvalue weighted by atomic mass is 16.5. The lowest BCUT2D eigenvalue weighted by Crippen LogP contribution is -2.22. The van der Waals surface area contributed by atoms with Gasteiger partial charge in [0.05, 0.1) is 0 Å². The highest BCUT2D eigenvalue weighted by molar-refractivity contribution is 4.77. The molecule has 2 unspecified atom stereocenters. The Labute approximate surface area is 87.5 Å². The summed E-state index contributed by atoms with van der Waals surface area (Å²) >= 11 is 0. The van der Waals surface area contributed by atoms with E-state index < -0.39 is 0 Å². The molecule has 2 heteroatoms. The molecule has 1 rings (SSSR count). The standard InChI is InChI=1S/C12H23NO/c1-2-3-4-8-14-10-12-7-5-6-11(12)9-13/h2,11-12H,1,3-10,13H2. The van der Waals surface area contributed by atoms with Crippen LogP contribution in [0.3, 0.4) is 0 Å². The Morgan fingerprint density at radius 2 is 2.14 bits per heavy atom. The van der Waals surface area contributed by atoms with Crippen LogP contribution in [0.1, 0.15) is 32.1 Å². The van der Waals surface area contributed by atoms with Gasteiger partial charge in [-0.1, -0.05) is 12.5 Å². The van der Waals surface area contributed by atoms with Gasteiger partial charge in [0.25, 0.3) is 0 Å². The first-order valence-electron chi connectivity index (χ1n) is 5.77. The summed E-state index contributed by atoms with van der Waals surface area (Å²) < 4.78 is 5.65. The van der Waals surface area contributed by atoms with Crippen LogP contribution in [0.4, 0.5) is 0 Å². The summed E-state index contributed by atoms with van der Waals surface area (Å²) in [4.78, 5) is 0. The molecule has 0 bridgehead atoms. The van der Waals surface area contributed by atoms with Crippen molar-refractivity contribution in [2.45, 2.75) is 32.1 Å². The zero-order valence-corrected chi connectivity index (χ0v) is 9.08. The molecule has 0 heterocycles. The molecule has 0 saturated heterocycles. The molecule has 1 aliphatic carbocycles. The summed E-state index contributed by atoms with van der Waals surface area (Å²) in [6.45, 7) is 6.31. The van der Waals surface area contributed by atoms with Crippen LogP contribution in [-0.2, 0) is 4.74 Å². The van der Waals surface area contributed by atoms with Gasteiger partial charge in [-0.05, 0) is 44.1 Å². The van der Waals surface area contributed by atoms with Crippen LogP contribution < -0.4 is 5.73 Å². The zero-order valence-electron chi connectivity index (χ0n) is 9.08. The first-order valence-corrected chi connectivity index (χ1v) is 5.77. The third-order valence-corrected chi connectivity index (χ3v) is 3.15. The SMILES string of the molecule is C=CCCCOCC1CCCC1CN. The lowest BCUT2D eigenvalue weighted by molar-refractivity contribution is 0.0857. The molecular weight excluding hydrogens is 174 g/mol. The maximum atomic E-state index is 5.71. The minimum Gasteiger partial charge on any atom is -0.381 e. The summed E-state index contributed by atoms with van der Waals surface area (Å²) in [7, 11) is 0. The lowest BCUT2D eigenvalue weighted by Gasteiger charge is -2.17. The lowest BCUT2D eigenvalue weighted by atomic mass is 9.97. The molecule has 0 amide bonds. The molecule has 1 fully saturated rings. The van der Waals surface area contributed by atoms with Crippen LogP contribution in [0.5, 0.6) is 0 Å². The summed E-state index contributed by atoms with van der Waals surface area (Å²) in [6.07, 6.45) is 8.05. The number of hydrogen-bond donors (Lipinski definition) is 1. The molecule has 2 N–H and O–H groups in total. The first kappa shape index (κ1) is 11.7. The molecular formula is C12H23NO. The summed E-state index contributed by atoms with van der Waals surface area (Å²) in [5, 5.41) is 0. The zero-order chi connectivity index (χ0) is 10.2. The van der Waals surface area contributed by atoms with E-state index >= 15 is 0 Å². The van der Waals surface area contributed by atoms with E-state index in [1.54, 1.807) is 0 Å². The molecule has 0 aliphatic heterocycles. The normalized spacial score (nSPS) is 26.6. The van der Waals surface area contributed by atoms with Crippen LogP contribution in [-0.4, -0.2) is 19.8 Å². The number of hydrogen-bond acceptors (Lipinski definition) is 2.